The van der Waals surface area contributed by atoms with Crippen molar-refractivity contribution in [3.05, 3.63) is 0 Å². The maximum absolute atomic E-state index is 8.99. The van der Waals surface area contributed by atoms with Crippen LogP contribution in [0.1, 0.15) is 19.3 Å². The van der Waals surface area contributed by atoms with Crippen LogP contribution in [0.3, 0.4) is 0 Å². The molecule has 1 heteroatoms. The van der Waals surface area contributed by atoms with E-state index in [-0.39, 0.29) is 0 Å². The highest BCUT2D eigenvalue weighted by atomic mass is 16.3. The Morgan fingerprint density at radius 1 is 1.71 bits per heavy atom. The molecule has 1 rings (SSSR count). The molecule has 0 aromatic rings. The van der Waals surface area contributed by atoms with E-state index in [4.69, 9.17) is 11.5 Å². The maximum Gasteiger partial charge on any atom is 0.0758 e. The monoisotopic (exact) mass is 96.1 g/mol. The summed E-state index contributed by atoms with van der Waals surface area (Å²) >= 11 is 0. The summed E-state index contributed by atoms with van der Waals surface area (Å²) in [5.74, 6) is 2.42. The van der Waals surface area contributed by atoms with Crippen molar-refractivity contribution in [3.63, 3.8) is 0 Å². The van der Waals surface area contributed by atoms with Gasteiger partial charge < -0.3 is 5.11 Å². The maximum atomic E-state index is 8.99. The fourth-order valence-electron chi connectivity index (χ4n) is 0.511. The average molecular weight is 96.1 g/mol. The molecular weight excluding hydrogens is 88.1 g/mol. The zero-order valence-electron chi connectivity index (χ0n) is 4.15. The Balaban J connectivity index is 2.30. The van der Waals surface area contributed by atoms with E-state index in [0.717, 1.165) is 12.8 Å². The van der Waals surface area contributed by atoms with E-state index >= 15 is 0 Å². The molecule has 1 nitrogen and oxygen atoms in total. The van der Waals surface area contributed by atoms with Gasteiger partial charge in [-0.25, -0.2) is 0 Å². The van der Waals surface area contributed by atoms with Crippen molar-refractivity contribution in [1.29, 1.82) is 0 Å². The van der Waals surface area contributed by atoms with Gasteiger partial charge in [-0.15, -0.1) is 12.3 Å². The second kappa shape index (κ2) is 1.24. The van der Waals surface area contributed by atoms with Crippen LogP contribution in [0, 0.1) is 12.3 Å². The minimum atomic E-state index is -0.436. The van der Waals surface area contributed by atoms with E-state index < -0.39 is 5.60 Å². The largest absolute Gasteiger partial charge is 0.389 e. The summed E-state index contributed by atoms with van der Waals surface area (Å²) in [7, 11) is 0. The van der Waals surface area contributed by atoms with E-state index in [1.807, 2.05) is 0 Å². The predicted octanol–water partition coefficient (Wildman–Crippen LogP) is 0.535. The van der Waals surface area contributed by atoms with E-state index in [1.165, 1.54) is 0 Å². The first-order valence-electron chi connectivity index (χ1n) is 2.43. The van der Waals surface area contributed by atoms with Crippen LogP contribution in [0.4, 0.5) is 0 Å². The van der Waals surface area contributed by atoms with Crippen LogP contribution < -0.4 is 0 Å². The van der Waals surface area contributed by atoms with Crippen molar-refractivity contribution in [1.82, 2.24) is 0 Å². The molecule has 0 aromatic carbocycles. The number of hydrogen-bond donors (Lipinski definition) is 1. The fourth-order valence-corrected chi connectivity index (χ4v) is 0.511. The lowest BCUT2D eigenvalue weighted by atomic mass is 10.2. The van der Waals surface area contributed by atoms with E-state index in [0.29, 0.717) is 6.42 Å². The molecule has 0 aromatic heterocycles. The first kappa shape index (κ1) is 4.67. The van der Waals surface area contributed by atoms with Crippen LogP contribution in [-0.4, -0.2) is 10.7 Å². The third kappa shape index (κ3) is 0.942. The molecular formula is C6H8O. The van der Waals surface area contributed by atoms with Gasteiger partial charge in [-0.05, 0) is 12.8 Å². The lowest BCUT2D eigenvalue weighted by Crippen LogP contribution is -2.02. The number of terminal acetylenes is 1. The molecule has 1 N–H and O–H groups in total. The van der Waals surface area contributed by atoms with Crippen LogP contribution in [0.5, 0.6) is 0 Å². The van der Waals surface area contributed by atoms with Gasteiger partial charge in [0.15, 0.2) is 0 Å². The number of aliphatic hydroxyl groups is 1. The molecule has 0 bridgehead atoms. The molecule has 7 heavy (non-hydrogen) atoms. The molecule has 1 aliphatic rings. The van der Waals surface area contributed by atoms with Gasteiger partial charge in [0.2, 0.25) is 0 Å². The molecule has 0 heterocycles. The first-order chi connectivity index (χ1) is 3.27. The smallest absolute Gasteiger partial charge is 0.0758 e. The van der Waals surface area contributed by atoms with Crippen molar-refractivity contribution in [2.24, 2.45) is 0 Å². The molecule has 1 saturated carbocycles. The minimum Gasteiger partial charge on any atom is -0.389 e. The summed E-state index contributed by atoms with van der Waals surface area (Å²) in [5.41, 5.74) is -0.436. The van der Waals surface area contributed by atoms with Crippen LogP contribution in [0.25, 0.3) is 0 Å². The lowest BCUT2D eigenvalue weighted by Gasteiger charge is -1.96. The zero-order valence-corrected chi connectivity index (χ0v) is 4.15. The molecule has 0 saturated heterocycles. The van der Waals surface area contributed by atoms with E-state index in [2.05, 4.69) is 5.92 Å². The Morgan fingerprint density at radius 3 is 2.43 bits per heavy atom. The normalized spacial score (nSPS) is 23.4. The molecule has 0 radical (unpaired) electrons. The molecule has 38 valence electrons. The van der Waals surface area contributed by atoms with Crippen molar-refractivity contribution in [2.45, 2.75) is 24.9 Å². The van der Waals surface area contributed by atoms with Gasteiger partial charge in [0, 0.05) is 6.42 Å². The standard InChI is InChI=1S/C6H8O/c1-2-3-6(7)4-5-6/h1,7H,3-5H2. The first-order valence-corrected chi connectivity index (χ1v) is 2.43. The van der Waals surface area contributed by atoms with Crippen LogP contribution in [0.15, 0.2) is 0 Å². The predicted molar refractivity (Wildman–Crippen MR) is 27.6 cm³/mol. The van der Waals surface area contributed by atoms with Crippen molar-refractivity contribution >= 4 is 0 Å². The minimum absolute atomic E-state index is 0.436. The molecule has 0 atom stereocenters. The molecule has 0 spiro atoms. The Bertz CT molecular complexity index is 106. The molecule has 0 aliphatic heterocycles. The Labute approximate surface area is 43.4 Å². The SMILES string of the molecule is C#CCC1(O)CC1. The quantitative estimate of drug-likeness (QED) is 0.472. The van der Waals surface area contributed by atoms with E-state index in [1.54, 1.807) is 0 Å². The Hall–Kier alpha value is -0.480. The molecule has 0 unspecified atom stereocenters. The zero-order chi connectivity index (χ0) is 5.33. The molecule has 1 fully saturated rings. The highest BCUT2D eigenvalue weighted by Crippen LogP contribution is 2.37. The van der Waals surface area contributed by atoms with Crippen molar-refractivity contribution in [3.8, 4) is 12.3 Å². The van der Waals surface area contributed by atoms with Gasteiger partial charge in [-0.1, -0.05) is 0 Å². The van der Waals surface area contributed by atoms with Gasteiger partial charge in [-0.2, -0.15) is 0 Å². The van der Waals surface area contributed by atoms with Crippen LogP contribution in [-0.2, 0) is 0 Å². The van der Waals surface area contributed by atoms with Gasteiger partial charge in [0.05, 0.1) is 5.60 Å². The van der Waals surface area contributed by atoms with E-state index in [9.17, 15) is 0 Å². The molecule has 1 aliphatic carbocycles. The van der Waals surface area contributed by atoms with Crippen LogP contribution >= 0.6 is 0 Å². The summed E-state index contributed by atoms with van der Waals surface area (Å²) in [6.45, 7) is 0. The summed E-state index contributed by atoms with van der Waals surface area (Å²) in [5, 5.41) is 8.99. The fraction of sp³-hybridized carbons (Fsp3) is 0.667. The average Bonchev–Trinajstić information content (AvgIpc) is 2.22. The van der Waals surface area contributed by atoms with Crippen LogP contribution in [0.2, 0.25) is 0 Å². The Kier molecular flexibility index (Phi) is 0.831. The lowest BCUT2D eigenvalue weighted by molar-refractivity contribution is 0.156. The third-order valence-corrected chi connectivity index (χ3v) is 1.26. The van der Waals surface area contributed by atoms with Gasteiger partial charge in [-0.3, -0.25) is 0 Å². The van der Waals surface area contributed by atoms with Gasteiger partial charge in [0.25, 0.3) is 0 Å². The van der Waals surface area contributed by atoms with Gasteiger partial charge >= 0.3 is 0 Å². The third-order valence-electron chi connectivity index (χ3n) is 1.26. The summed E-state index contributed by atoms with van der Waals surface area (Å²) < 4.78 is 0. The molecule has 0 amide bonds. The Morgan fingerprint density at radius 2 is 2.29 bits per heavy atom. The second-order valence-electron chi connectivity index (χ2n) is 2.11. The van der Waals surface area contributed by atoms with Crippen molar-refractivity contribution in [2.75, 3.05) is 0 Å². The van der Waals surface area contributed by atoms with Crippen molar-refractivity contribution < 1.29 is 5.11 Å². The highest BCUT2D eigenvalue weighted by molar-refractivity contribution is 5.03. The summed E-state index contributed by atoms with van der Waals surface area (Å²) in [6.07, 6.45) is 7.28. The highest BCUT2D eigenvalue weighted by Gasteiger charge is 2.38. The number of rotatable bonds is 1. The van der Waals surface area contributed by atoms with Gasteiger partial charge in [0.1, 0.15) is 0 Å². The topological polar surface area (TPSA) is 20.2 Å². The summed E-state index contributed by atoms with van der Waals surface area (Å²) in [4.78, 5) is 0. The summed E-state index contributed by atoms with van der Waals surface area (Å²) in [6, 6.07) is 0. The second-order valence-corrected chi connectivity index (χ2v) is 2.11. The number of hydrogen-bond acceptors (Lipinski definition) is 1.